The lowest BCUT2D eigenvalue weighted by Crippen LogP contribution is -2.23. The lowest BCUT2D eigenvalue weighted by molar-refractivity contribution is -0.121. The van der Waals surface area contributed by atoms with Crippen molar-refractivity contribution in [3.05, 3.63) is 48.5 Å². The molecule has 6 heteroatoms. The van der Waals surface area contributed by atoms with E-state index in [1.54, 1.807) is 18.7 Å². The molecule has 0 saturated carbocycles. The number of imidazole rings is 1. The van der Waals surface area contributed by atoms with Gasteiger partial charge in [0, 0.05) is 31.3 Å². The minimum absolute atomic E-state index is 0.0176. The molecule has 1 aromatic carbocycles. The molecule has 102 valence electrons. The molecule has 3 rings (SSSR count). The highest BCUT2D eigenvalue weighted by Gasteiger charge is 2.05. The number of H-pyrrole nitrogens is 1. The van der Waals surface area contributed by atoms with Crippen molar-refractivity contribution >= 4 is 16.9 Å². The summed E-state index contributed by atoms with van der Waals surface area (Å²) in [5, 5.41) is 9.41. The molecule has 0 radical (unpaired) electrons. The van der Waals surface area contributed by atoms with Crippen molar-refractivity contribution in [2.24, 2.45) is 0 Å². The Morgan fingerprint density at radius 1 is 1.35 bits per heavy atom. The van der Waals surface area contributed by atoms with Gasteiger partial charge < -0.3 is 9.88 Å². The van der Waals surface area contributed by atoms with E-state index in [1.165, 1.54) is 0 Å². The number of nitrogens with zero attached hydrogens (tertiary/aromatic N) is 3. The number of carbonyl (C=O) groups excluding carboxylic acids is 1. The van der Waals surface area contributed by atoms with Crippen molar-refractivity contribution in [1.82, 2.24) is 25.1 Å². The van der Waals surface area contributed by atoms with E-state index in [1.807, 2.05) is 28.8 Å². The van der Waals surface area contributed by atoms with Gasteiger partial charge >= 0.3 is 0 Å². The van der Waals surface area contributed by atoms with Gasteiger partial charge in [-0.3, -0.25) is 9.89 Å². The number of rotatable bonds is 5. The minimum atomic E-state index is 0.0176. The number of nitrogens with one attached hydrogen (secondary N) is 2. The van der Waals surface area contributed by atoms with Crippen LogP contribution in [0.15, 0.2) is 43.0 Å². The first-order chi connectivity index (χ1) is 9.83. The number of para-hydroxylation sites is 2. The second kappa shape index (κ2) is 5.56. The highest BCUT2D eigenvalue weighted by atomic mass is 16.1. The molecule has 0 unspecified atom stereocenters. The van der Waals surface area contributed by atoms with Gasteiger partial charge in [-0.1, -0.05) is 12.1 Å². The Bertz CT molecular complexity index is 701. The average Bonchev–Trinajstić information content (AvgIpc) is 3.12. The third-order valence-electron chi connectivity index (χ3n) is 3.15. The summed E-state index contributed by atoms with van der Waals surface area (Å²) in [7, 11) is 0. The maximum Gasteiger partial charge on any atom is 0.222 e. The number of fused-ring (bicyclic) bond motifs is 1. The topological polar surface area (TPSA) is 75.6 Å². The molecule has 3 aromatic rings. The van der Waals surface area contributed by atoms with Crippen LogP contribution in [0.1, 0.15) is 12.0 Å². The summed E-state index contributed by atoms with van der Waals surface area (Å²) in [5.41, 5.74) is 2.97. The second-order valence-electron chi connectivity index (χ2n) is 4.56. The number of aromatic amines is 1. The average molecular weight is 269 g/mol. The summed E-state index contributed by atoms with van der Waals surface area (Å²) >= 11 is 0. The number of hydrogen-bond donors (Lipinski definition) is 2. The summed E-state index contributed by atoms with van der Waals surface area (Å²) in [6.45, 7) is 1.12. The predicted molar refractivity (Wildman–Crippen MR) is 74.8 cm³/mol. The van der Waals surface area contributed by atoms with Crippen molar-refractivity contribution in [1.29, 1.82) is 0 Å². The van der Waals surface area contributed by atoms with Crippen molar-refractivity contribution in [3.63, 3.8) is 0 Å². The maximum absolute atomic E-state index is 11.8. The van der Waals surface area contributed by atoms with E-state index in [4.69, 9.17) is 0 Å². The summed E-state index contributed by atoms with van der Waals surface area (Å²) in [6, 6.07) is 7.90. The van der Waals surface area contributed by atoms with Crippen LogP contribution >= 0.6 is 0 Å². The molecule has 0 aliphatic rings. The first kappa shape index (κ1) is 12.4. The van der Waals surface area contributed by atoms with E-state index < -0.39 is 0 Å². The molecule has 0 aliphatic heterocycles. The summed E-state index contributed by atoms with van der Waals surface area (Å²) < 4.78 is 1.99. The number of hydrogen-bond acceptors (Lipinski definition) is 3. The number of aromatic nitrogens is 4. The van der Waals surface area contributed by atoms with Gasteiger partial charge in [0.2, 0.25) is 5.91 Å². The van der Waals surface area contributed by atoms with E-state index in [-0.39, 0.29) is 5.91 Å². The van der Waals surface area contributed by atoms with Crippen LogP contribution in [0.2, 0.25) is 0 Å². The third kappa shape index (κ3) is 2.69. The van der Waals surface area contributed by atoms with E-state index in [9.17, 15) is 4.79 Å². The Kier molecular flexibility index (Phi) is 3.45. The largest absolute Gasteiger partial charge is 0.352 e. The van der Waals surface area contributed by atoms with Crippen LogP contribution in [0.4, 0.5) is 0 Å². The summed E-state index contributed by atoms with van der Waals surface area (Å²) in [5.74, 6) is 0.0176. The Morgan fingerprint density at radius 2 is 2.25 bits per heavy atom. The van der Waals surface area contributed by atoms with Crippen LogP contribution in [0.3, 0.4) is 0 Å². The number of benzene rings is 1. The third-order valence-corrected chi connectivity index (χ3v) is 3.15. The van der Waals surface area contributed by atoms with Crippen LogP contribution in [-0.2, 0) is 17.9 Å². The fraction of sp³-hybridized carbons (Fsp3) is 0.214. The molecule has 2 aromatic heterocycles. The highest BCUT2D eigenvalue weighted by Crippen LogP contribution is 2.11. The Morgan fingerprint density at radius 3 is 3.10 bits per heavy atom. The van der Waals surface area contributed by atoms with Gasteiger partial charge in [0.25, 0.3) is 0 Å². The predicted octanol–water partition coefficient (Wildman–Crippen LogP) is 1.47. The highest BCUT2D eigenvalue weighted by molar-refractivity contribution is 5.77. The molecule has 2 heterocycles. The molecule has 0 atom stereocenters. The first-order valence-corrected chi connectivity index (χ1v) is 6.47. The van der Waals surface area contributed by atoms with Crippen molar-refractivity contribution < 1.29 is 4.79 Å². The summed E-state index contributed by atoms with van der Waals surface area (Å²) in [4.78, 5) is 16.1. The zero-order valence-electron chi connectivity index (χ0n) is 10.9. The Balaban J connectivity index is 1.55. The van der Waals surface area contributed by atoms with E-state index in [0.717, 1.165) is 16.6 Å². The summed E-state index contributed by atoms with van der Waals surface area (Å²) in [6.07, 6.45) is 5.67. The molecular weight excluding hydrogens is 254 g/mol. The van der Waals surface area contributed by atoms with Gasteiger partial charge in [-0.05, 0) is 12.1 Å². The molecule has 0 aliphatic carbocycles. The van der Waals surface area contributed by atoms with E-state index in [2.05, 4.69) is 20.5 Å². The zero-order valence-corrected chi connectivity index (χ0v) is 10.9. The smallest absolute Gasteiger partial charge is 0.222 e. The molecule has 2 N–H and O–H groups in total. The fourth-order valence-corrected chi connectivity index (χ4v) is 2.07. The Hall–Kier alpha value is -2.63. The van der Waals surface area contributed by atoms with Gasteiger partial charge in [-0.2, -0.15) is 5.10 Å². The van der Waals surface area contributed by atoms with Crippen LogP contribution < -0.4 is 5.32 Å². The molecule has 0 bridgehead atoms. The van der Waals surface area contributed by atoms with Crippen LogP contribution in [0.25, 0.3) is 11.0 Å². The lowest BCUT2D eigenvalue weighted by Gasteiger charge is -2.05. The van der Waals surface area contributed by atoms with Crippen molar-refractivity contribution in [3.8, 4) is 0 Å². The molecule has 0 spiro atoms. The minimum Gasteiger partial charge on any atom is -0.352 e. The standard InChI is InChI=1S/C14H15N5O/c20-14(15-7-11-8-17-18-9-11)5-6-19-10-16-12-3-1-2-4-13(12)19/h1-4,8-10H,5-7H2,(H,15,20)(H,17,18). The zero-order chi connectivity index (χ0) is 13.8. The molecular formula is C14H15N5O. The van der Waals surface area contributed by atoms with Gasteiger partial charge in [0.15, 0.2) is 0 Å². The van der Waals surface area contributed by atoms with Gasteiger partial charge in [0.1, 0.15) is 0 Å². The number of amides is 1. The van der Waals surface area contributed by atoms with Crippen LogP contribution in [-0.4, -0.2) is 25.7 Å². The Labute approximate surface area is 115 Å². The van der Waals surface area contributed by atoms with Gasteiger partial charge in [0.05, 0.1) is 23.6 Å². The van der Waals surface area contributed by atoms with Gasteiger partial charge in [-0.15, -0.1) is 0 Å². The fourth-order valence-electron chi connectivity index (χ4n) is 2.07. The molecule has 0 fully saturated rings. The number of aryl methyl sites for hydroxylation is 1. The molecule has 6 nitrogen and oxygen atoms in total. The quantitative estimate of drug-likeness (QED) is 0.736. The first-order valence-electron chi connectivity index (χ1n) is 6.47. The van der Waals surface area contributed by atoms with Crippen molar-refractivity contribution in [2.45, 2.75) is 19.5 Å². The van der Waals surface area contributed by atoms with Crippen LogP contribution in [0.5, 0.6) is 0 Å². The monoisotopic (exact) mass is 269 g/mol. The van der Waals surface area contributed by atoms with Crippen molar-refractivity contribution in [2.75, 3.05) is 0 Å². The lowest BCUT2D eigenvalue weighted by atomic mass is 10.3. The van der Waals surface area contributed by atoms with E-state index >= 15 is 0 Å². The number of carbonyl (C=O) groups is 1. The van der Waals surface area contributed by atoms with E-state index in [0.29, 0.717) is 19.5 Å². The van der Waals surface area contributed by atoms with Crippen LogP contribution in [0, 0.1) is 0 Å². The molecule has 20 heavy (non-hydrogen) atoms. The van der Waals surface area contributed by atoms with Gasteiger partial charge in [-0.25, -0.2) is 4.98 Å². The normalized spacial score (nSPS) is 10.8. The maximum atomic E-state index is 11.8. The second-order valence-corrected chi connectivity index (χ2v) is 4.56. The SMILES string of the molecule is O=C(CCn1cnc2ccccc21)NCc1cn[nH]c1. The molecule has 0 saturated heterocycles. The molecule has 1 amide bonds.